The Labute approximate surface area is 115 Å². The zero-order valence-corrected chi connectivity index (χ0v) is 12.0. The number of aromatic nitrogens is 1. The molecule has 0 atom stereocenters. The summed E-state index contributed by atoms with van der Waals surface area (Å²) in [6, 6.07) is 10.3. The fraction of sp³-hybridized carbons (Fsp3) is 0.0833. The van der Waals surface area contributed by atoms with Crippen LogP contribution in [-0.4, -0.2) is 4.98 Å². The van der Waals surface area contributed by atoms with Crippen LogP contribution in [0.25, 0.3) is 10.2 Å². The molecule has 0 bridgehead atoms. The largest absolute Gasteiger partial charge is 0.357 e. The average Bonchev–Trinajstić information content (AvgIpc) is 2.94. The second kappa shape index (κ2) is 4.76. The van der Waals surface area contributed by atoms with Crippen molar-refractivity contribution in [3.05, 3.63) is 45.1 Å². The standard InChI is InChI=1S/C12H9BrN2S2/c13-8-3-4-10-11(6-8)17-12(15-10)14-7-9-2-1-5-16-9/h1-6H,7H2,(H,14,15). The molecule has 2 heterocycles. The van der Waals surface area contributed by atoms with Crippen LogP contribution in [0.1, 0.15) is 4.88 Å². The van der Waals surface area contributed by atoms with Crippen LogP contribution >= 0.6 is 38.6 Å². The quantitative estimate of drug-likeness (QED) is 0.753. The second-order valence-corrected chi connectivity index (χ2v) is 6.54. The van der Waals surface area contributed by atoms with Gasteiger partial charge >= 0.3 is 0 Å². The second-order valence-electron chi connectivity index (χ2n) is 3.56. The summed E-state index contributed by atoms with van der Waals surface area (Å²) in [5, 5.41) is 6.43. The Bertz CT molecular complexity index is 631. The first kappa shape index (κ1) is 11.2. The van der Waals surface area contributed by atoms with Crippen LogP contribution in [-0.2, 0) is 6.54 Å². The minimum absolute atomic E-state index is 0.846. The number of anilines is 1. The van der Waals surface area contributed by atoms with E-state index >= 15 is 0 Å². The maximum Gasteiger partial charge on any atom is 0.184 e. The molecule has 0 radical (unpaired) electrons. The molecular weight excluding hydrogens is 316 g/mol. The predicted octanol–water partition coefficient (Wildman–Crippen LogP) is 4.73. The van der Waals surface area contributed by atoms with Gasteiger partial charge in [-0.3, -0.25) is 0 Å². The van der Waals surface area contributed by atoms with Crippen LogP contribution in [0.2, 0.25) is 0 Å². The smallest absolute Gasteiger partial charge is 0.184 e. The van der Waals surface area contributed by atoms with Gasteiger partial charge in [0.1, 0.15) is 0 Å². The summed E-state index contributed by atoms with van der Waals surface area (Å²) in [4.78, 5) is 5.87. The summed E-state index contributed by atoms with van der Waals surface area (Å²) in [6.07, 6.45) is 0. The van der Waals surface area contributed by atoms with E-state index in [2.05, 4.69) is 49.8 Å². The van der Waals surface area contributed by atoms with Crippen molar-refractivity contribution in [1.82, 2.24) is 4.98 Å². The van der Waals surface area contributed by atoms with Gasteiger partial charge in [-0.1, -0.05) is 33.3 Å². The van der Waals surface area contributed by atoms with Gasteiger partial charge in [-0.05, 0) is 29.6 Å². The third-order valence-corrected chi connectivity index (χ3v) is 4.69. The molecule has 1 aromatic carbocycles. The van der Waals surface area contributed by atoms with Gasteiger partial charge in [-0.25, -0.2) is 4.98 Å². The van der Waals surface area contributed by atoms with Crippen molar-refractivity contribution in [2.45, 2.75) is 6.54 Å². The fourth-order valence-corrected chi connectivity index (χ4v) is 3.61. The van der Waals surface area contributed by atoms with E-state index in [0.717, 1.165) is 21.7 Å². The van der Waals surface area contributed by atoms with E-state index in [0.29, 0.717) is 0 Å². The van der Waals surface area contributed by atoms with Gasteiger partial charge in [0.25, 0.3) is 0 Å². The van der Waals surface area contributed by atoms with Gasteiger partial charge in [-0.2, -0.15) is 0 Å². The van der Waals surface area contributed by atoms with E-state index in [1.807, 2.05) is 12.1 Å². The van der Waals surface area contributed by atoms with E-state index in [4.69, 9.17) is 0 Å². The summed E-state index contributed by atoms with van der Waals surface area (Å²) in [5.74, 6) is 0. The van der Waals surface area contributed by atoms with E-state index in [9.17, 15) is 0 Å². The number of thiophene rings is 1. The summed E-state index contributed by atoms with van der Waals surface area (Å²) in [6.45, 7) is 0.846. The highest BCUT2D eigenvalue weighted by molar-refractivity contribution is 9.10. The minimum atomic E-state index is 0.846. The van der Waals surface area contributed by atoms with E-state index < -0.39 is 0 Å². The van der Waals surface area contributed by atoms with Crippen LogP contribution in [0.4, 0.5) is 5.13 Å². The molecule has 0 fully saturated rings. The highest BCUT2D eigenvalue weighted by Gasteiger charge is 2.03. The molecule has 0 unspecified atom stereocenters. The number of rotatable bonds is 3. The molecule has 2 nitrogen and oxygen atoms in total. The average molecular weight is 325 g/mol. The van der Waals surface area contributed by atoms with Crippen molar-refractivity contribution in [2.24, 2.45) is 0 Å². The van der Waals surface area contributed by atoms with Crippen molar-refractivity contribution in [3.63, 3.8) is 0 Å². The van der Waals surface area contributed by atoms with Crippen LogP contribution in [0, 0.1) is 0 Å². The summed E-state index contributed by atoms with van der Waals surface area (Å²) >= 11 is 6.92. The molecular formula is C12H9BrN2S2. The normalized spacial score (nSPS) is 10.9. The number of nitrogens with zero attached hydrogens (tertiary/aromatic N) is 1. The molecule has 3 rings (SSSR count). The van der Waals surface area contributed by atoms with Crippen molar-refractivity contribution in [1.29, 1.82) is 0 Å². The number of fused-ring (bicyclic) bond motifs is 1. The lowest BCUT2D eigenvalue weighted by Gasteiger charge is -1.97. The lowest BCUT2D eigenvalue weighted by atomic mass is 10.3. The number of hydrogen-bond acceptors (Lipinski definition) is 4. The van der Waals surface area contributed by atoms with Gasteiger partial charge in [0.2, 0.25) is 0 Å². The van der Waals surface area contributed by atoms with Gasteiger partial charge in [0.15, 0.2) is 5.13 Å². The SMILES string of the molecule is Brc1ccc2nc(NCc3cccs3)sc2c1. The Hall–Kier alpha value is -0.910. The Morgan fingerprint density at radius 2 is 2.24 bits per heavy atom. The molecule has 17 heavy (non-hydrogen) atoms. The first-order chi connectivity index (χ1) is 8.31. The van der Waals surface area contributed by atoms with Crippen molar-refractivity contribution in [3.8, 4) is 0 Å². The van der Waals surface area contributed by atoms with Crippen molar-refractivity contribution >= 4 is 54.0 Å². The van der Waals surface area contributed by atoms with Gasteiger partial charge in [0.05, 0.1) is 16.8 Å². The van der Waals surface area contributed by atoms with E-state index in [-0.39, 0.29) is 0 Å². The Kier molecular flexibility index (Phi) is 3.13. The lowest BCUT2D eigenvalue weighted by molar-refractivity contribution is 1.18. The molecule has 0 saturated heterocycles. The molecule has 1 N–H and O–H groups in total. The molecule has 5 heteroatoms. The molecule has 0 amide bonds. The molecule has 0 aliphatic rings. The Morgan fingerprint density at radius 3 is 3.06 bits per heavy atom. The van der Waals surface area contributed by atoms with E-state index in [1.54, 1.807) is 22.7 Å². The molecule has 0 aliphatic heterocycles. The lowest BCUT2D eigenvalue weighted by Crippen LogP contribution is -1.95. The van der Waals surface area contributed by atoms with E-state index in [1.165, 1.54) is 9.58 Å². The number of halogens is 1. The molecule has 0 saturated carbocycles. The first-order valence-corrected chi connectivity index (χ1v) is 7.62. The van der Waals surface area contributed by atoms with Crippen LogP contribution < -0.4 is 5.32 Å². The summed E-state index contributed by atoms with van der Waals surface area (Å²) < 4.78 is 2.30. The topological polar surface area (TPSA) is 24.9 Å². The zero-order chi connectivity index (χ0) is 11.7. The molecule has 86 valence electrons. The van der Waals surface area contributed by atoms with Crippen molar-refractivity contribution < 1.29 is 0 Å². The third kappa shape index (κ3) is 2.51. The van der Waals surface area contributed by atoms with Crippen molar-refractivity contribution in [2.75, 3.05) is 5.32 Å². The first-order valence-electron chi connectivity index (χ1n) is 5.13. The summed E-state index contributed by atoms with van der Waals surface area (Å²) in [5.41, 5.74) is 1.05. The van der Waals surface area contributed by atoms with Gasteiger partial charge in [-0.15, -0.1) is 11.3 Å². The van der Waals surface area contributed by atoms with Crippen LogP contribution in [0.15, 0.2) is 40.2 Å². The number of hydrogen-bond donors (Lipinski definition) is 1. The zero-order valence-electron chi connectivity index (χ0n) is 8.81. The van der Waals surface area contributed by atoms with Gasteiger partial charge < -0.3 is 5.32 Å². The Balaban J connectivity index is 1.81. The maximum atomic E-state index is 4.54. The molecule has 3 aromatic rings. The monoisotopic (exact) mass is 324 g/mol. The maximum absolute atomic E-state index is 4.54. The van der Waals surface area contributed by atoms with Gasteiger partial charge in [0, 0.05) is 9.35 Å². The fourth-order valence-electron chi connectivity index (χ4n) is 1.55. The molecule has 2 aromatic heterocycles. The Morgan fingerprint density at radius 1 is 1.29 bits per heavy atom. The minimum Gasteiger partial charge on any atom is -0.357 e. The molecule has 0 aliphatic carbocycles. The van der Waals surface area contributed by atoms with Crippen LogP contribution in [0.5, 0.6) is 0 Å². The number of nitrogens with one attached hydrogen (secondary N) is 1. The summed E-state index contributed by atoms with van der Waals surface area (Å²) in [7, 11) is 0. The van der Waals surface area contributed by atoms with Crippen LogP contribution in [0.3, 0.4) is 0 Å². The molecule has 0 spiro atoms. The highest BCUT2D eigenvalue weighted by Crippen LogP contribution is 2.28. The predicted molar refractivity (Wildman–Crippen MR) is 79.0 cm³/mol. The number of benzene rings is 1. The highest BCUT2D eigenvalue weighted by atomic mass is 79.9. The third-order valence-electron chi connectivity index (χ3n) is 2.34. The number of thiazole rings is 1.